The molecule has 138 valence electrons. The molecule has 0 bridgehead atoms. The lowest BCUT2D eigenvalue weighted by Gasteiger charge is -2.14. The molecule has 26 heavy (non-hydrogen) atoms. The Morgan fingerprint density at radius 3 is 2.12 bits per heavy atom. The highest BCUT2D eigenvalue weighted by Crippen LogP contribution is 2.20. The van der Waals surface area contributed by atoms with Crippen LogP contribution in [0.5, 0.6) is 0 Å². The van der Waals surface area contributed by atoms with Crippen LogP contribution in [0.2, 0.25) is 0 Å². The van der Waals surface area contributed by atoms with Crippen molar-refractivity contribution in [3.8, 4) is 0 Å². The molecule has 0 heterocycles. The Morgan fingerprint density at radius 1 is 0.923 bits per heavy atom. The first-order valence-electron chi connectivity index (χ1n) is 7.96. The van der Waals surface area contributed by atoms with Crippen LogP contribution >= 0.6 is 0 Å². The second-order valence-electron chi connectivity index (χ2n) is 6.04. The summed E-state index contributed by atoms with van der Waals surface area (Å²) in [4.78, 5) is 24.1. The van der Waals surface area contributed by atoms with E-state index in [9.17, 15) is 22.8 Å². The van der Waals surface area contributed by atoms with E-state index in [2.05, 4.69) is 5.32 Å². The lowest BCUT2D eigenvalue weighted by molar-refractivity contribution is -0.123. The molecule has 0 saturated heterocycles. The van der Waals surface area contributed by atoms with Crippen molar-refractivity contribution in [2.45, 2.75) is 32.8 Å². The lowest BCUT2D eigenvalue weighted by atomic mass is 10.0. The summed E-state index contributed by atoms with van der Waals surface area (Å²) in [6.45, 7) is 5.31. The van der Waals surface area contributed by atoms with E-state index in [1.165, 1.54) is 6.92 Å². The zero-order valence-electron chi connectivity index (χ0n) is 14.5. The highest BCUT2D eigenvalue weighted by molar-refractivity contribution is 5.97. The highest BCUT2D eigenvalue weighted by Gasteiger charge is 2.22. The van der Waals surface area contributed by atoms with Crippen LogP contribution in [0.4, 0.5) is 18.9 Å². The molecule has 4 nitrogen and oxygen atoms in total. The second kappa shape index (κ2) is 8.03. The second-order valence-corrected chi connectivity index (χ2v) is 6.04. The maximum Gasteiger partial charge on any atom is 0.338 e. The Labute approximate surface area is 149 Å². The molecule has 2 rings (SSSR count). The summed E-state index contributed by atoms with van der Waals surface area (Å²) in [5, 5.41) is 2.06. The SMILES string of the molecule is CC(C)c1ccc(C(=O)O[C@H](C)C(=O)Nc2ccc(F)c(F)c2F)cc1. The molecule has 0 fully saturated rings. The lowest BCUT2D eigenvalue weighted by Crippen LogP contribution is -2.30. The van der Waals surface area contributed by atoms with Gasteiger partial charge in [-0.05, 0) is 42.7 Å². The Morgan fingerprint density at radius 2 is 1.54 bits per heavy atom. The number of hydrogen-bond donors (Lipinski definition) is 1. The predicted molar refractivity (Wildman–Crippen MR) is 90.4 cm³/mol. The van der Waals surface area contributed by atoms with Crippen LogP contribution in [-0.4, -0.2) is 18.0 Å². The van der Waals surface area contributed by atoms with E-state index in [0.29, 0.717) is 12.0 Å². The van der Waals surface area contributed by atoms with Crippen molar-refractivity contribution in [1.29, 1.82) is 0 Å². The van der Waals surface area contributed by atoms with Crippen LogP contribution in [0, 0.1) is 17.5 Å². The topological polar surface area (TPSA) is 55.4 Å². The fourth-order valence-electron chi connectivity index (χ4n) is 2.14. The minimum atomic E-state index is -1.70. The summed E-state index contributed by atoms with van der Waals surface area (Å²) in [7, 11) is 0. The Kier molecular flexibility index (Phi) is 6.02. The number of rotatable bonds is 5. The molecule has 1 amide bonds. The van der Waals surface area contributed by atoms with Crippen LogP contribution in [0.1, 0.15) is 42.6 Å². The Bertz CT molecular complexity index is 820. The van der Waals surface area contributed by atoms with Crippen molar-refractivity contribution in [2.75, 3.05) is 5.32 Å². The van der Waals surface area contributed by atoms with E-state index in [1.807, 2.05) is 13.8 Å². The number of ether oxygens (including phenoxy) is 1. The smallest absolute Gasteiger partial charge is 0.338 e. The maximum absolute atomic E-state index is 13.6. The zero-order chi connectivity index (χ0) is 19.4. The number of anilines is 1. The third kappa shape index (κ3) is 4.41. The normalized spacial score (nSPS) is 12.0. The van der Waals surface area contributed by atoms with Crippen LogP contribution < -0.4 is 5.32 Å². The molecule has 0 radical (unpaired) electrons. The van der Waals surface area contributed by atoms with Crippen molar-refractivity contribution >= 4 is 17.6 Å². The number of esters is 1. The van der Waals surface area contributed by atoms with Gasteiger partial charge in [0.05, 0.1) is 11.3 Å². The van der Waals surface area contributed by atoms with Crippen molar-refractivity contribution in [2.24, 2.45) is 0 Å². The van der Waals surface area contributed by atoms with E-state index in [1.54, 1.807) is 24.3 Å². The van der Waals surface area contributed by atoms with Gasteiger partial charge < -0.3 is 10.1 Å². The summed E-state index contributed by atoms with van der Waals surface area (Å²) in [6, 6.07) is 8.28. The molecule has 0 aliphatic carbocycles. The van der Waals surface area contributed by atoms with Gasteiger partial charge in [0.25, 0.3) is 5.91 Å². The largest absolute Gasteiger partial charge is 0.449 e. The van der Waals surface area contributed by atoms with E-state index in [-0.39, 0.29) is 5.56 Å². The van der Waals surface area contributed by atoms with Crippen molar-refractivity contribution in [3.05, 3.63) is 65.0 Å². The number of carbonyl (C=O) groups is 2. The summed E-state index contributed by atoms with van der Waals surface area (Å²) in [6.07, 6.45) is -1.26. The minimum Gasteiger partial charge on any atom is -0.449 e. The maximum atomic E-state index is 13.6. The fourth-order valence-corrected chi connectivity index (χ4v) is 2.14. The molecule has 0 aliphatic heterocycles. The van der Waals surface area contributed by atoms with Gasteiger partial charge in [0, 0.05) is 0 Å². The van der Waals surface area contributed by atoms with E-state index < -0.39 is 41.1 Å². The number of carbonyl (C=O) groups excluding carboxylic acids is 2. The highest BCUT2D eigenvalue weighted by atomic mass is 19.2. The molecular formula is C19H18F3NO3. The number of hydrogen-bond acceptors (Lipinski definition) is 3. The summed E-state index contributed by atoms with van der Waals surface area (Å²) >= 11 is 0. The van der Waals surface area contributed by atoms with Crippen LogP contribution in [0.25, 0.3) is 0 Å². The zero-order valence-corrected chi connectivity index (χ0v) is 14.5. The average Bonchev–Trinajstić information content (AvgIpc) is 2.62. The molecule has 1 atom stereocenters. The quantitative estimate of drug-likeness (QED) is 0.631. The molecule has 0 saturated carbocycles. The average molecular weight is 365 g/mol. The van der Waals surface area contributed by atoms with Crippen molar-refractivity contribution in [3.63, 3.8) is 0 Å². The first kappa shape index (κ1) is 19.5. The molecule has 1 N–H and O–H groups in total. The van der Waals surface area contributed by atoms with E-state index in [4.69, 9.17) is 4.74 Å². The molecule has 2 aromatic carbocycles. The third-order valence-corrected chi connectivity index (χ3v) is 3.76. The molecule has 7 heteroatoms. The standard InChI is InChI=1S/C19H18F3NO3/c1-10(2)12-4-6-13(7-5-12)19(25)26-11(3)18(24)23-15-9-8-14(20)16(21)17(15)22/h4-11H,1-3H3,(H,23,24)/t11-/m1/s1. The fraction of sp³-hybridized carbons (Fsp3) is 0.263. The van der Waals surface area contributed by atoms with Gasteiger partial charge in [-0.2, -0.15) is 0 Å². The monoisotopic (exact) mass is 365 g/mol. The van der Waals surface area contributed by atoms with Gasteiger partial charge in [-0.3, -0.25) is 4.79 Å². The minimum absolute atomic E-state index is 0.257. The van der Waals surface area contributed by atoms with Gasteiger partial charge in [0.1, 0.15) is 0 Å². The summed E-state index contributed by atoms with van der Waals surface area (Å²) in [5.41, 5.74) is 0.757. The predicted octanol–water partition coefficient (Wildman–Crippen LogP) is 4.41. The number of benzene rings is 2. The van der Waals surface area contributed by atoms with Crippen molar-refractivity contribution < 1.29 is 27.5 Å². The molecule has 0 aliphatic rings. The number of nitrogens with one attached hydrogen (secondary N) is 1. The molecular weight excluding hydrogens is 347 g/mol. The Hall–Kier alpha value is -2.83. The Balaban J connectivity index is 2.02. The van der Waals surface area contributed by atoms with Crippen LogP contribution in [0.15, 0.2) is 36.4 Å². The molecule has 0 aromatic heterocycles. The van der Waals surface area contributed by atoms with Gasteiger partial charge in [0.15, 0.2) is 23.6 Å². The van der Waals surface area contributed by atoms with Gasteiger partial charge in [-0.25, -0.2) is 18.0 Å². The van der Waals surface area contributed by atoms with E-state index in [0.717, 1.165) is 11.6 Å². The van der Waals surface area contributed by atoms with Crippen LogP contribution in [-0.2, 0) is 9.53 Å². The molecule has 0 unspecified atom stereocenters. The first-order valence-corrected chi connectivity index (χ1v) is 7.96. The number of halogens is 3. The van der Waals surface area contributed by atoms with Crippen LogP contribution in [0.3, 0.4) is 0 Å². The first-order chi connectivity index (χ1) is 12.2. The van der Waals surface area contributed by atoms with Gasteiger partial charge >= 0.3 is 5.97 Å². The third-order valence-electron chi connectivity index (χ3n) is 3.76. The summed E-state index contributed by atoms with van der Waals surface area (Å²) in [5.74, 6) is -5.89. The van der Waals surface area contributed by atoms with E-state index >= 15 is 0 Å². The van der Waals surface area contributed by atoms with Gasteiger partial charge in [-0.15, -0.1) is 0 Å². The molecule has 0 spiro atoms. The molecule has 2 aromatic rings. The summed E-state index contributed by atoms with van der Waals surface area (Å²) < 4.78 is 44.7. The van der Waals surface area contributed by atoms with Crippen molar-refractivity contribution in [1.82, 2.24) is 0 Å². The van der Waals surface area contributed by atoms with Gasteiger partial charge in [-0.1, -0.05) is 26.0 Å². The number of amides is 1. The van der Waals surface area contributed by atoms with Gasteiger partial charge in [0.2, 0.25) is 0 Å².